The molecule has 11 heavy (non-hydrogen) atoms. The van der Waals surface area contributed by atoms with Gasteiger partial charge in [-0.15, -0.1) is 0 Å². The van der Waals surface area contributed by atoms with Gasteiger partial charge in [-0.05, 0) is 19.3 Å². The van der Waals surface area contributed by atoms with Gasteiger partial charge in [0.15, 0.2) is 11.6 Å². The lowest BCUT2D eigenvalue weighted by Gasteiger charge is -2.43. The van der Waals surface area contributed by atoms with Gasteiger partial charge in [0, 0.05) is 0 Å². The molecule has 0 unspecified atom stereocenters. The Kier molecular flexibility index (Phi) is 1.36. The molecule has 2 aliphatic rings. The Hall–Kier alpha value is -0.700. The van der Waals surface area contributed by atoms with Crippen molar-refractivity contribution in [3.05, 3.63) is 0 Å². The predicted octanol–water partition coefficient (Wildman–Crippen LogP) is 0.0406. The number of rotatable bonds is 0. The van der Waals surface area contributed by atoms with Crippen LogP contribution in [-0.4, -0.2) is 23.7 Å². The molecule has 0 bridgehead atoms. The van der Waals surface area contributed by atoms with Gasteiger partial charge in [-0.1, -0.05) is 0 Å². The third-order valence-electron chi connectivity index (χ3n) is 2.72. The minimum atomic E-state index is -0.270. The second-order valence-electron chi connectivity index (χ2n) is 3.43. The monoisotopic (exact) mass is 153 g/mol. The molecule has 2 fully saturated rings. The van der Waals surface area contributed by atoms with Crippen LogP contribution in [0.4, 0.5) is 0 Å². The van der Waals surface area contributed by atoms with E-state index in [9.17, 15) is 9.59 Å². The summed E-state index contributed by atoms with van der Waals surface area (Å²) < 4.78 is 0. The number of carbonyl (C=O) groups excluding carboxylic acids is 2. The average Bonchev–Trinajstić information content (AvgIpc) is 1.84. The van der Waals surface area contributed by atoms with Crippen LogP contribution in [0.3, 0.4) is 0 Å². The van der Waals surface area contributed by atoms with E-state index in [0.717, 1.165) is 19.3 Å². The lowest BCUT2D eigenvalue weighted by atomic mass is 9.71. The lowest BCUT2D eigenvalue weighted by Crippen LogP contribution is -2.62. The predicted molar refractivity (Wildman–Crippen MR) is 39.2 cm³/mol. The Balaban J connectivity index is 2.13. The average molecular weight is 153 g/mol. The molecule has 0 aromatic carbocycles. The van der Waals surface area contributed by atoms with E-state index in [2.05, 4.69) is 5.32 Å². The highest BCUT2D eigenvalue weighted by Crippen LogP contribution is 2.34. The summed E-state index contributed by atoms with van der Waals surface area (Å²) >= 11 is 0. The Morgan fingerprint density at radius 1 is 1.27 bits per heavy atom. The number of ketones is 2. The molecule has 1 saturated carbocycles. The van der Waals surface area contributed by atoms with Crippen molar-refractivity contribution in [2.45, 2.75) is 31.2 Å². The van der Waals surface area contributed by atoms with Crippen LogP contribution >= 0.6 is 0 Å². The van der Waals surface area contributed by atoms with Gasteiger partial charge in [-0.2, -0.15) is 0 Å². The van der Waals surface area contributed by atoms with Crippen molar-refractivity contribution >= 4 is 11.6 Å². The molecule has 0 atom stereocenters. The first-order valence-electron chi connectivity index (χ1n) is 4.03. The molecular formula is C8H11NO2. The highest BCUT2D eigenvalue weighted by molar-refractivity contribution is 6.07. The first-order valence-corrected chi connectivity index (χ1v) is 4.03. The summed E-state index contributed by atoms with van der Waals surface area (Å²) in [5.41, 5.74) is -0.270. The van der Waals surface area contributed by atoms with Crippen LogP contribution in [0.1, 0.15) is 25.7 Å². The highest BCUT2D eigenvalue weighted by atomic mass is 16.2. The number of carbonyl (C=O) groups is 2. The van der Waals surface area contributed by atoms with Crippen molar-refractivity contribution in [2.75, 3.05) is 6.54 Å². The topological polar surface area (TPSA) is 46.2 Å². The van der Waals surface area contributed by atoms with E-state index in [1.807, 2.05) is 0 Å². The minimum Gasteiger partial charge on any atom is -0.298 e. The SMILES string of the molecule is O=C1CNC2(CCC2)C(=O)C1. The van der Waals surface area contributed by atoms with Gasteiger partial charge < -0.3 is 0 Å². The van der Waals surface area contributed by atoms with Crippen LogP contribution in [0, 0.1) is 0 Å². The minimum absolute atomic E-state index is 0.0347. The second-order valence-corrected chi connectivity index (χ2v) is 3.43. The van der Waals surface area contributed by atoms with E-state index >= 15 is 0 Å². The maximum Gasteiger partial charge on any atom is 0.160 e. The summed E-state index contributed by atoms with van der Waals surface area (Å²) in [4.78, 5) is 22.1. The standard InChI is InChI=1S/C8H11NO2/c10-6-4-7(11)8(9-5-6)2-1-3-8/h9H,1-5H2. The van der Waals surface area contributed by atoms with E-state index in [-0.39, 0.29) is 23.5 Å². The van der Waals surface area contributed by atoms with E-state index in [4.69, 9.17) is 0 Å². The second kappa shape index (κ2) is 2.14. The summed E-state index contributed by atoms with van der Waals surface area (Å²) in [6.07, 6.45) is 3.14. The highest BCUT2D eigenvalue weighted by Gasteiger charge is 2.46. The number of Topliss-reactive ketones (excluding diaryl/α,β-unsaturated/α-hetero) is 2. The first-order chi connectivity index (χ1) is 5.23. The Labute approximate surface area is 65.2 Å². The van der Waals surface area contributed by atoms with E-state index in [1.165, 1.54) is 0 Å². The number of nitrogens with one attached hydrogen (secondary N) is 1. The van der Waals surface area contributed by atoms with Gasteiger partial charge >= 0.3 is 0 Å². The van der Waals surface area contributed by atoms with Crippen LogP contribution < -0.4 is 5.32 Å². The fourth-order valence-corrected chi connectivity index (χ4v) is 1.76. The number of hydrogen-bond donors (Lipinski definition) is 1. The molecule has 2 rings (SSSR count). The van der Waals surface area contributed by atoms with Gasteiger partial charge in [0.05, 0.1) is 18.5 Å². The Bertz CT molecular complexity index is 218. The van der Waals surface area contributed by atoms with Crippen LogP contribution in [-0.2, 0) is 9.59 Å². The molecule has 3 nitrogen and oxygen atoms in total. The molecule has 1 aliphatic carbocycles. The molecule has 0 radical (unpaired) electrons. The zero-order chi connectivity index (χ0) is 7.90. The zero-order valence-electron chi connectivity index (χ0n) is 6.35. The van der Waals surface area contributed by atoms with Crippen molar-refractivity contribution in [3.8, 4) is 0 Å². The molecule has 1 heterocycles. The number of piperidine rings is 1. The summed E-state index contributed by atoms with van der Waals surface area (Å²) in [7, 11) is 0. The molecule has 0 aromatic heterocycles. The first kappa shape index (κ1) is 6.98. The fourth-order valence-electron chi connectivity index (χ4n) is 1.76. The van der Waals surface area contributed by atoms with Crippen molar-refractivity contribution in [3.63, 3.8) is 0 Å². The summed E-state index contributed by atoms with van der Waals surface area (Å²) in [6, 6.07) is 0. The summed E-state index contributed by atoms with van der Waals surface area (Å²) in [5.74, 6) is 0.146. The Morgan fingerprint density at radius 2 is 2.00 bits per heavy atom. The van der Waals surface area contributed by atoms with Gasteiger partial charge in [0.1, 0.15) is 0 Å². The zero-order valence-corrected chi connectivity index (χ0v) is 6.35. The maximum atomic E-state index is 11.3. The van der Waals surface area contributed by atoms with E-state index in [0.29, 0.717) is 6.54 Å². The maximum absolute atomic E-state index is 11.3. The molecular weight excluding hydrogens is 142 g/mol. The van der Waals surface area contributed by atoms with Crippen LogP contribution in [0.15, 0.2) is 0 Å². The molecule has 0 aromatic rings. The molecule has 0 amide bonds. The molecule has 1 spiro atoms. The largest absolute Gasteiger partial charge is 0.298 e. The van der Waals surface area contributed by atoms with Crippen molar-refractivity contribution in [2.24, 2.45) is 0 Å². The normalized spacial score (nSPS) is 28.7. The third kappa shape index (κ3) is 0.913. The molecule has 1 saturated heterocycles. The van der Waals surface area contributed by atoms with Gasteiger partial charge in [0.25, 0.3) is 0 Å². The van der Waals surface area contributed by atoms with Crippen LogP contribution in [0.2, 0.25) is 0 Å². The third-order valence-corrected chi connectivity index (χ3v) is 2.72. The van der Waals surface area contributed by atoms with Crippen molar-refractivity contribution in [1.29, 1.82) is 0 Å². The quantitative estimate of drug-likeness (QED) is 0.500. The smallest absolute Gasteiger partial charge is 0.160 e. The molecule has 3 heteroatoms. The van der Waals surface area contributed by atoms with Gasteiger partial charge in [-0.3, -0.25) is 14.9 Å². The fraction of sp³-hybridized carbons (Fsp3) is 0.750. The van der Waals surface area contributed by atoms with Gasteiger partial charge in [0.2, 0.25) is 0 Å². The number of hydrogen-bond acceptors (Lipinski definition) is 3. The van der Waals surface area contributed by atoms with E-state index in [1.54, 1.807) is 0 Å². The molecule has 1 N–H and O–H groups in total. The summed E-state index contributed by atoms with van der Waals surface area (Å²) in [6.45, 7) is 0.395. The van der Waals surface area contributed by atoms with Crippen molar-refractivity contribution < 1.29 is 9.59 Å². The Morgan fingerprint density at radius 3 is 2.45 bits per heavy atom. The van der Waals surface area contributed by atoms with Crippen molar-refractivity contribution in [1.82, 2.24) is 5.32 Å². The molecule has 1 aliphatic heterocycles. The van der Waals surface area contributed by atoms with E-state index < -0.39 is 0 Å². The van der Waals surface area contributed by atoms with Crippen LogP contribution in [0.5, 0.6) is 0 Å². The lowest BCUT2D eigenvalue weighted by molar-refractivity contribution is -0.137. The summed E-state index contributed by atoms with van der Waals surface area (Å²) in [5, 5.41) is 3.03. The molecule has 60 valence electrons. The van der Waals surface area contributed by atoms with Gasteiger partial charge in [-0.25, -0.2) is 0 Å². The van der Waals surface area contributed by atoms with Crippen LogP contribution in [0.25, 0.3) is 0 Å².